The minimum Gasteiger partial charge on any atom is -0.375 e. The third kappa shape index (κ3) is 5.61. The molecular formula is C15H24ClN3O2. The van der Waals surface area contributed by atoms with Crippen LogP contribution in [0.4, 0.5) is 0 Å². The zero-order chi connectivity index (χ0) is 14.2. The first-order valence-electron chi connectivity index (χ1n) is 7.20. The van der Waals surface area contributed by atoms with Crippen LogP contribution in [0.15, 0.2) is 24.4 Å². The first kappa shape index (κ1) is 17.9. The second kappa shape index (κ2) is 9.71. The summed E-state index contributed by atoms with van der Waals surface area (Å²) in [6.45, 7) is 2.69. The molecule has 1 aromatic rings. The Morgan fingerprint density at radius 1 is 1.43 bits per heavy atom. The number of pyridine rings is 1. The van der Waals surface area contributed by atoms with Gasteiger partial charge in [0, 0.05) is 19.3 Å². The summed E-state index contributed by atoms with van der Waals surface area (Å²) in [4.78, 5) is 18.6. The van der Waals surface area contributed by atoms with Crippen molar-refractivity contribution in [3.8, 4) is 0 Å². The fourth-order valence-electron chi connectivity index (χ4n) is 2.61. The second-order valence-electron chi connectivity index (χ2n) is 5.11. The molecule has 0 saturated carbocycles. The number of nitrogens with zero attached hydrogens (tertiary/aromatic N) is 2. The van der Waals surface area contributed by atoms with Gasteiger partial charge in [0.05, 0.1) is 12.2 Å². The highest BCUT2D eigenvalue weighted by molar-refractivity contribution is 5.85. The van der Waals surface area contributed by atoms with Crippen LogP contribution in [0, 0.1) is 0 Å². The first-order chi connectivity index (χ1) is 9.81. The van der Waals surface area contributed by atoms with Crippen LogP contribution in [0.25, 0.3) is 0 Å². The number of aromatic nitrogens is 1. The molecule has 118 valence electrons. The molecule has 6 heteroatoms. The molecule has 1 fully saturated rings. The number of hydrogen-bond acceptors (Lipinski definition) is 4. The van der Waals surface area contributed by atoms with Crippen molar-refractivity contribution in [3.63, 3.8) is 0 Å². The fourth-order valence-corrected chi connectivity index (χ4v) is 2.61. The van der Waals surface area contributed by atoms with Crippen molar-refractivity contribution < 1.29 is 9.53 Å². The summed E-state index contributed by atoms with van der Waals surface area (Å²) in [7, 11) is 1.56. The SMILES string of the molecule is COCC(=O)N(Cc1ccccn1)C1CCCNCC1.Cl. The van der Waals surface area contributed by atoms with E-state index in [0.29, 0.717) is 6.54 Å². The molecule has 2 rings (SSSR count). The van der Waals surface area contributed by atoms with Crippen molar-refractivity contribution >= 4 is 18.3 Å². The standard InChI is InChI=1S/C15H23N3O2.ClH/c1-20-12-15(19)18(11-13-5-2-3-9-17-13)14-6-4-8-16-10-7-14;/h2-3,5,9,14,16H,4,6-8,10-12H2,1H3;1H. The number of methoxy groups -OCH3 is 1. The second-order valence-corrected chi connectivity index (χ2v) is 5.11. The van der Waals surface area contributed by atoms with Crippen LogP contribution in [0.2, 0.25) is 0 Å². The lowest BCUT2D eigenvalue weighted by atomic mass is 10.1. The number of carbonyl (C=O) groups is 1. The molecule has 5 nitrogen and oxygen atoms in total. The van der Waals surface area contributed by atoms with Gasteiger partial charge in [0.1, 0.15) is 6.61 Å². The zero-order valence-corrected chi connectivity index (χ0v) is 13.3. The molecule has 1 aliphatic heterocycles. The average Bonchev–Trinajstić information content (AvgIpc) is 2.75. The highest BCUT2D eigenvalue weighted by Gasteiger charge is 2.24. The van der Waals surface area contributed by atoms with Crippen molar-refractivity contribution in [1.29, 1.82) is 0 Å². The smallest absolute Gasteiger partial charge is 0.249 e. The predicted octanol–water partition coefficient (Wildman–Crippen LogP) is 1.62. The van der Waals surface area contributed by atoms with E-state index >= 15 is 0 Å². The van der Waals surface area contributed by atoms with Crippen LogP contribution in [-0.4, -0.2) is 48.6 Å². The summed E-state index contributed by atoms with van der Waals surface area (Å²) in [5.41, 5.74) is 0.925. The summed E-state index contributed by atoms with van der Waals surface area (Å²) in [6, 6.07) is 6.08. The first-order valence-corrected chi connectivity index (χ1v) is 7.20. The number of rotatable bonds is 5. The van der Waals surface area contributed by atoms with Gasteiger partial charge >= 0.3 is 0 Å². The predicted molar refractivity (Wildman–Crippen MR) is 84.4 cm³/mol. The van der Waals surface area contributed by atoms with Crippen LogP contribution < -0.4 is 5.32 Å². The Morgan fingerprint density at radius 3 is 3.00 bits per heavy atom. The number of carbonyl (C=O) groups excluding carboxylic acids is 1. The lowest BCUT2D eigenvalue weighted by Gasteiger charge is -2.30. The van der Waals surface area contributed by atoms with E-state index in [9.17, 15) is 4.79 Å². The van der Waals surface area contributed by atoms with Crippen molar-refractivity contribution in [1.82, 2.24) is 15.2 Å². The summed E-state index contributed by atoms with van der Waals surface area (Å²) in [6.07, 6.45) is 4.89. The molecule has 1 aliphatic rings. The van der Waals surface area contributed by atoms with Crippen LogP contribution >= 0.6 is 12.4 Å². The molecule has 0 aliphatic carbocycles. The Kier molecular flexibility index (Phi) is 8.27. The number of hydrogen-bond donors (Lipinski definition) is 1. The maximum Gasteiger partial charge on any atom is 0.249 e. The van der Waals surface area contributed by atoms with Crippen molar-refractivity contribution in [2.45, 2.75) is 31.8 Å². The summed E-state index contributed by atoms with van der Waals surface area (Å²) >= 11 is 0. The Bertz CT molecular complexity index is 409. The monoisotopic (exact) mass is 313 g/mol. The molecule has 0 radical (unpaired) electrons. The Hall–Kier alpha value is -1.17. The van der Waals surface area contributed by atoms with Crippen molar-refractivity contribution in [2.75, 3.05) is 26.8 Å². The minimum atomic E-state index is 0. The van der Waals surface area contributed by atoms with Gasteiger partial charge in [-0.05, 0) is 44.5 Å². The van der Waals surface area contributed by atoms with E-state index in [2.05, 4.69) is 10.3 Å². The molecule has 1 amide bonds. The van der Waals surface area contributed by atoms with Gasteiger partial charge in [0.25, 0.3) is 0 Å². The average molecular weight is 314 g/mol. The molecular weight excluding hydrogens is 290 g/mol. The molecule has 1 aromatic heterocycles. The molecule has 2 heterocycles. The molecule has 1 unspecified atom stereocenters. The van der Waals surface area contributed by atoms with Gasteiger partial charge < -0.3 is 15.0 Å². The van der Waals surface area contributed by atoms with Crippen LogP contribution in [-0.2, 0) is 16.1 Å². The van der Waals surface area contributed by atoms with Crippen molar-refractivity contribution in [3.05, 3.63) is 30.1 Å². The van der Waals surface area contributed by atoms with E-state index in [-0.39, 0.29) is 31.0 Å². The summed E-state index contributed by atoms with van der Waals surface area (Å²) in [5, 5.41) is 3.38. The van der Waals surface area contributed by atoms with Gasteiger partial charge in [0.2, 0.25) is 5.91 Å². The van der Waals surface area contributed by atoms with Gasteiger partial charge in [-0.15, -0.1) is 12.4 Å². The summed E-state index contributed by atoms with van der Waals surface area (Å²) < 4.78 is 5.02. The third-order valence-corrected chi connectivity index (χ3v) is 3.63. The maximum absolute atomic E-state index is 12.3. The van der Waals surface area contributed by atoms with E-state index < -0.39 is 0 Å². The molecule has 1 atom stereocenters. The normalized spacial score (nSPS) is 18.4. The molecule has 0 spiro atoms. The van der Waals surface area contributed by atoms with E-state index in [1.807, 2.05) is 23.1 Å². The number of nitrogens with one attached hydrogen (secondary N) is 1. The van der Waals surface area contributed by atoms with E-state index in [1.165, 1.54) is 0 Å². The zero-order valence-electron chi connectivity index (χ0n) is 12.5. The number of ether oxygens (including phenoxy) is 1. The molecule has 0 aromatic carbocycles. The van der Waals surface area contributed by atoms with Gasteiger partial charge in [-0.1, -0.05) is 6.07 Å². The Morgan fingerprint density at radius 2 is 2.29 bits per heavy atom. The molecule has 1 saturated heterocycles. The van der Waals surface area contributed by atoms with Gasteiger partial charge in [-0.3, -0.25) is 9.78 Å². The Balaban J connectivity index is 0.00000220. The van der Waals surface area contributed by atoms with E-state index in [1.54, 1.807) is 13.3 Å². The number of amides is 1. The Labute approximate surface area is 132 Å². The van der Waals surface area contributed by atoms with Crippen molar-refractivity contribution in [2.24, 2.45) is 0 Å². The molecule has 1 N–H and O–H groups in total. The minimum absolute atomic E-state index is 0. The van der Waals surface area contributed by atoms with Gasteiger partial charge in [0.15, 0.2) is 0 Å². The summed E-state index contributed by atoms with van der Waals surface area (Å²) in [5.74, 6) is 0.0463. The number of halogens is 1. The highest BCUT2D eigenvalue weighted by atomic mass is 35.5. The van der Waals surface area contributed by atoms with E-state index in [0.717, 1.165) is 38.0 Å². The van der Waals surface area contributed by atoms with E-state index in [4.69, 9.17) is 4.74 Å². The van der Waals surface area contributed by atoms with Crippen LogP contribution in [0.1, 0.15) is 25.0 Å². The largest absolute Gasteiger partial charge is 0.375 e. The quantitative estimate of drug-likeness (QED) is 0.897. The van der Waals surface area contributed by atoms with Crippen LogP contribution in [0.5, 0.6) is 0 Å². The maximum atomic E-state index is 12.3. The van der Waals surface area contributed by atoms with Crippen LogP contribution in [0.3, 0.4) is 0 Å². The van der Waals surface area contributed by atoms with Gasteiger partial charge in [-0.25, -0.2) is 0 Å². The van der Waals surface area contributed by atoms with Gasteiger partial charge in [-0.2, -0.15) is 0 Å². The lowest BCUT2D eigenvalue weighted by molar-refractivity contribution is -0.138. The highest BCUT2D eigenvalue weighted by Crippen LogP contribution is 2.16. The molecule has 0 bridgehead atoms. The lowest BCUT2D eigenvalue weighted by Crippen LogP contribution is -2.42. The topological polar surface area (TPSA) is 54.5 Å². The molecule has 21 heavy (non-hydrogen) atoms. The fraction of sp³-hybridized carbons (Fsp3) is 0.600. The third-order valence-electron chi connectivity index (χ3n) is 3.63.